The van der Waals surface area contributed by atoms with Crippen LogP contribution in [0.4, 0.5) is 11.4 Å². The third kappa shape index (κ3) is 6.01. The minimum atomic E-state index is -0.175. The van der Waals surface area contributed by atoms with Crippen molar-refractivity contribution < 1.29 is 9.59 Å². The average molecular weight is 437 g/mol. The largest absolute Gasteiger partial charge is 0.325 e. The highest BCUT2D eigenvalue weighted by Crippen LogP contribution is 2.25. The van der Waals surface area contributed by atoms with Crippen molar-refractivity contribution >= 4 is 69.5 Å². The molecule has 0 aliphatic rings. The Bertz CT molecular complexity index is 942. The van der Waals surface area contributed by atoms with Crippen LogP contribution in [-0.4, -0.2) is 17.6 Å². The van der Waals surface area contributed by atoms with Gasteiger partial charge >= 0.3 is 0 Å². The van der Waals surface area contributed by atoms with E-state index in [4.69, 9.17) is 23.2 Å². The standard InChI is InChI=1S/C19H14Cl2N2O2S2/c20-12-7-13(21)9-15(8-12)22-18(24)11-27-16-4-1-3-14(10-16)23-19(25)17-5-2-6-26-17/h1-10H,11H2,(H,22,24)(H,23,25). The van der Waals surface area contributed by atoms with E-state index in [1.54, 1.807) is 24.3 Å². The van der Waals surface area contributed by atoms with Crippen LogP contribution in [0.3, 0.4) is 0 Å². The van der Waals surface area contributed by atoms with Gasteiger partial charge in [-0.15, -0.1) is 23.1 Å². The van der Waals surface area contributed by atoms with Gasteiger partial charge in [0.2, 0.25) is 5.91 Å². The fraction of sp³-hybridized carbons (Fsp3) is 0.0526. The Morgan fingerprint density at radius 3 is 2.41 bits per heavy atom. The van der Waals surface area contributed by atoms with E-state index in [0.717, 1.165) is 4.90 Å². The first-order chi connectivity index (χ1) is 13.0. The van der Waals surface area contributed by atoms with E-state index in [-0.39, 0.29) is 17.6 Å². The van der Waals surface area contributed by atoms with Crippen molar-refractivity contribution in [3.05, 3.63) is 74.9 Å². The predicted molar refractivity (Wildman–Crippen MR) is 115 cm³/mol. The van der Waals surface area contributed by atoms with Gasteiger partial charge in [-0.3, -0.25) is 9.59 Å². The van der Waals surface area contributed by atoms with E-state index in [0.29, 0.717) is 26.3 Å². The summed E-state index contributed by atoms with van der Waals surface area (Å²) < 4.78 is 0. The fourth-order valence-corrected chi connectivity index (χ4v) is 4.14. The summed E-state index contributed by atoms with van der Waals surface area (Å²) in [6.45, 7) is 0. The Kier molecular flexibility index (Phi) is 6.79. The summed E-state index contributed by atoms with van der Waals surface area (Å²) in [5.41, 5.74) is 1.23. The van der Waals surface area contributed by atoms with Gasteiger partial charge in [0.1, 0.15) is 0 Å². The van der Waals surface area contributed by atoms with Gasteiger partial charge in [-0.05, 0) is 47.8 Å². The molecule has 0 saturated heterocycles. The molecule has 0 saturated carbocycles. The molecule has 1 heterocycles. The molecule has 2 amide bonds. The van der Waals surface area contributed by atoms with Gasteiger partial charge in [0.15, 0.2) is 0 Å². The van der Waals surface area contributed by atoms with E-state index in [1.165, 1.54) is 23.1 Å². The van der Waals surface area contributed by atoms with Gasteiger partial charge in [-0.25, -0.2) is 0 Å². The molecule has 0 fully saturated rings. The van der Waals surface area contributed by atoms with E-state index in [2.05, 4.69) is 10.6 Å². The first kappa shape index (κ1) is 19.8. The normalized spacial score (nSPS) is 10.4. The number of carbonyl (C=O) groups excluding carboxylic acids is 2. The Labute approximate surface area is 174 Å². The van der Waals surface area contributed by atoms with Crippen molar-refractivity contribution in [1.29, 1.82) is 0 Å². The summed E-state index contributed by atoms with van der Waals surface area (Å²) >= 11 is 14.6. The van der Waals surface area contributed by atoms with Crippen molar-refractivity contribution in [2.24, 2.45) is 0 Å². The van der Waals surface area contributed by atoms with Gasteiger partial charge in [0, 0.05) is 26.3 Å². The second kappa shape index (κ2) is 9.28. The van der Waals surface area contributed by atoms with Crippen molar-refractivity contribution in [2.45, 2.75) is 4.90 Å². The molecule has 0 unspecified atom stereocenters. The summed E-state index contributed by atoms with van der Waals surface area (Å²) in [5, 5.41) is 8.39. The second-order valence-electron chi connectivity index (χ2n) is 5.45. The molecule has 0 bridgehead atoms. The van der Waals surface area contributed by atoms with Crippen LogP contribution in [0.2, 0.25) is 10.0 Å². The van der Waals surface area contributed by atoms with Gasteiger partial charge < -0.3 is 10.6 Å². The lowest BCUT2D eigenvalue weighted by atomic mass is 10.3. The molecule has 0 spiro atoms. The number of anilines is 2. The summed E-state index contributed by atoms with van der Waals surface area (Å²) in [6, 6.07) is 15.8. The van der Waals surface area contributed by atoms with Gasteiger partial charge in [0.25, 0.3) is 5.91 Å². The number of nitrogens with one attached hydrogen (secondary N) is 2. The highest BCUT2D eigenvalue weighted by atomic mass is 35.5. The molecule has 2 aromatic carbocycles. The number of benzene rings is 2. The topological polar surface area (TPSA) is 58.2 Å². The highest BCUT2D eigenvalue weighted by Gasteiger charge is 2.09. The molecular formula is C19H14Cl2N2O2S2. The molecule has 27 heavy (non-hydrogen) atoms. The van der Waals surface area contributed by atoms with Gasteiger partial charge in [-0.1, -0.05) is 35.3 Å². The zero-order valence-electron chi connectivity index (χ0n) is 13.9. The molecular weight excluding hydrogens is 423 g/mol. The van der Waals surface area contributed by atoms with Crippen LogP contribution in [0, 0.1) is 0 Å². The van der Waals surface area contributed by atoms with Crippen LogP contribution < -0.4 is 10.6 Å². The second-order valence-corrected chi connectivity index (χ2v) is 8.32. The predicted octanol–water partition coefficient (Wildman–Crippen LogP) is 6.04. The van der Waals surface area contributed by atoms with Gasteiger partial charge in [0.05, 0.1) is 10.6 Å². The molecule has 3 aromatic rings. The molecule has 3 rings (SSSR count). The SMILES string of the molecule is O=C(CSc1cccc(NC(=O)c2cccs2)c1)Nc1cc(Cl)cc(Cl)c1. The summed E-state index contributed by atoms with van der Waals surface area (Å²) in [7, 11) is 0. The van der Waals surface area contributed by atoms with Crippen LogP contribution in [0.15, 0.2) is 64.9 Å². The molecule has 4 nitrogen and oxygen atoms in total. The van der Waals surface area contributed by atoms with Crippen LogP contribution >= 0.6 is 46.3 Å². The van der Waals surface area contributed by atoms with Crippen molar-refractivity contribution in [1.82, 2.24) is 0 Å². The summed E-state index contributed by atoms with van der Waals surface area (Å²) in [6.07, 6.45) is 0. The van der Waals surface area contributed by atoms with E-state index in [1.807, 2.05) is 35.7 Å². The van der Waals surface area contributed by atoms with Crippen LogP contribution in [0.5, 0.6) is 0 Å². The fourth-order valence-electron chi connectivity index (χ4n) is 2.24. The number of hydrogen-bond acceptors (Lipinski definition) is 4. The number of thioether (sulfide) groups is 1. The maximum absolute atomic E-state index is 12.1. The minimum absolute atomic E-state index is 0.150. The maximum atomic E-state index is 12.1. The zero-order valence-corrected chi connectivity index (χ0v) is 17.0. The quantitative estimate of drug-likeness (QED) is 0.463. The first-order valence-corrected chi connectivity index (χ1v) is 10.5. The average Bonchev–Trinajstić information content (AvgIpc) is 3.14. The maximum Gasteiger partial charge on any atom is 0.265 e. The van der Waals surface area contributed by atoms with Crippen LogP contribution in [-0.2, 0) is 4.79 Å². The molecule has 0 aliphatic carbocycles. The first-order valence-electron chi connectivity index (χ1n) is 7.83. The molecule has 138 valence electrons. The molecule has 0 aliphatic heterocycles. The Hall–Kier alpha value is -1.99. The van der Waals surface area contributed by atoms with Crippen LogP contribution in [0.25, 0.3) is 0 Å². The Balaban J connectivity index is 1.56. The van der Waals surface area contributed by atoms with Crippen molar-refractivity contribution in [3.63, 3.8) is 0 Å². The third-order valence-electron chi connectivity index (χ3n) is 3.35. The van der Waals surface area contributed by atoms with Crippen molar-refractivity contribution in [2.75, 3.05) is 16.4 Å². The summed E-state index contributed by atoms with van der Waals surface area (Å²) in [5.74, 6) is -0.110. The van der Waals surface area contributed by atoms with E-state index < -0.39 is 0 Å². The summed E-state index contributed by atoms with van der Waals surface area (Å²) in [4.78, 5) is 25.8. The third-order valence-corrected chi connectivity index (χ3v) is 5.65. The number of rotatable bonds is 6. The van der Waals surface area contributed by atoms with Crippen LogP contribution in [0.1, 0.15) is 9.67 Å². The lowest BCUT2D eigenvalue weighted by molar-refractivity contribution is -0.113. The molecule has 0 atom stereocenters. The number of hydrogen-bond donors (Lipinski definition) is 2. The lowest BCUT2D eigenvalue weighted by Crippen LogP contribution is -2.14. The van der Waals surface area contributed by atoms with E-state index in [9.17, 15) is 9.59 Å². The zero-order chi connectivity index (χ0) is 19.2. The molecule has 1 aromatic heterocycles. The highest BCUT2D eigenvalue weighted by molar-refractivity contribution is 8.00. The number of thiophene rings is 1. The number of carbonyl (C=O) groups is 2. The lowest BCUT2D eigenvalue weighted by Gasteiger charge is -2.08. The van der Waals surface area contributed by atoms with Gasteiger partial charge in [-0.2, -0.15) is 0 Å². The molecule has 2 N–H and O–H groups in total. The monoisotopic (exact) mass is 436 g/mol. The Morgan fingerprint density at radius 1 is 0.926 bits per heavy atom. The molecule has 8 heteroatoms. The molecule has 0 radical (unpaired) electrons. The van der Waals surface area contributed by atoms with E-state index >= 15 is 0 Å². The number of halogens is 2. The number of amides is 2. The minimum Gasteiger partial charge on any atom is -0.325 e. The van der Waals surface area contributed by atoms with Crippen molar-refractivity contribution in [3.8, 4) is 0 Å². The smallest absolute Gasteiger partial charge is 0.265 e. The Morgan fingerprint density at radius 2 is 1.70 bits per heavy atom.